The zero-order valence-corrected chi connectivity index (χ0v) is 10.8. The Morgan fingerprint density at radius 2 is 2.12 bits per heavy atom. The summed E-state index contributed by atoms with van der Waals surface area (Å²) in [7, 11) is 1.37. The van der Waals surface area contributed by atoms with Gasteiger partial charge in [-0.2, -0.15) is 0 Å². The average Bonchev–Trinajstić information content (AvgIpc) is 2.63. The fourth-order valence-electron chi connectivity index (χ4n) is 1.16. The summed E-state index contributed by atoms with van der Waals surface area (Å²) in [6.45, 7) is 5.99. The van der Waals surface area contributed by atoms with E-state index < -0.39 is 6.04 Å². The Morgan fingerprint density at radius 3 is 2.69 bits per heavy atom. The molecule has 0 radical (unpaired) electrons. The summed E-state index contributed by atoms with van der Waals surface area (Å²) in [6.07, 6.45) is 0.909. The first-order valence-electron chi connectivity index (χ1n) is 5.19. The fraction of sp³-hybridized carbons (Fsp3) is 0.700. The molecule has 6 heteroatoms. The van der Waals surface area contributed by atoms with Crippen LogP contribution in [0.25, 0.3) is 0 Å². The first-order chi connectivity index (χ1) is 7.52. The summed E-state index contributed by atoms with van der Waals surface area (Å²) >= 11 is 1.48. The Labute approximate surface area is 99.2 Å². The molecule has 0 aliphatic carbocycles. The van der Waals surface area contributed by atoms with E-state index in [1.807, 2.05) is 0 Å². The highest BCUT2D eigenvalue weighted by Gasteiger charge is 2.15. The molecule has 0 aliphatic rings. The van der Waals surface area contributed by atoms with Crippen molar-refractivity contribution < 1.29 is 9.53 Å². The molecular weight excluding hydrogens is 226 g/mol. The van der Waals surface area contributed by atoms with E-state index in [2.05, 4.69) is 34.1 Å². The van der Waals surface area contributed by atoms with Gasteiger partial charge in [0.05, 0.1) is 7.11 Å². The number of hydrogen-bond donors (Lipinski definition) is 1. The van der Waals surface area contributed by atoms with E-state index in [9.17, 15) is 4.79 Å². The molecule has 1 rings (SSSR count). The van der Waals surface area contributed by atoms with Crippen molar-refractivity contribution in [3.8, 4) is 0 Å². The summed E-state index contributed by atoms with van der Waals surface area (Å²) in [5, 5.41) is 12.6. The summed E-state index contributed by atoms with van der Waals surface area (Å²) in [5.74, 6) is 0.249. The van der Waals surface area contributed by atoms with Gasteiger partial charge in [0.2, 0.25) is 5.13 Å². The van der Waals surface area contributed by atoms with Crippen LogP contribution in [0.5, 0.6) is 0 Å². The maximum atomic E-state index is 11.2. The van der Waals surface area contributed by atoms with Gasteiger partial charge in [0, 0.05) is 6.42 Å². The van der Waals surface area contributed by atoms with Crippen molar-refractivity contribution in [1.29, 1.82) is 0 Å². The van der Waals surface area contributed by atoms with Gasteiger partial charge < -0.3 is 10.1 Å². The molecular formula is C10H17N3O2S. The molecule has 1 aromatic heterocycles. The normalized spacial score (nSPS) is 12.6. The number of nitrogens with one attached hydrogen (secondary N) is 1. The predicted octanol–water partition coefficient (Wildman–Crippen LogP) is 1.71. The van der Waals surface area contributed by atoms with E-state index in [-0.39, 0.29) is 5.97 Å². The molecule has 5 nitrogen and oxygen atoms in total. The highest BCUT2D eigenvalue weighted by atomic mass is 32.1. The lowest BCUT2D eigenvalue weighted by atomic mass is 10.1. The number of esters is 1. The van der Waals surface area contributed by atoms with Crippen molar-refractivity contribution in [1.82, 2.24) is 10.2 Å². The van der Waals surface area contributed by atoms with E-state index in [1.54, 1.807) is 6.92 Å². The smallest absolute Gasteiger partial charge is 0.328 e. The minimum absolute atomic E-state index is 0.305. The number of rotatable bonds is 5. The van der Waals surface area contributed by atoms with Crippen LogP contribution >= 0.6 is 11.3 Å². The maximum absolute atomic E-state index is 11.2. The molecule has 0 amide bonds. The second-order valence-electron chi connectivity index (χ2n) is 3.99. The van der Waals surface area contributed by atoms with E-state index in [1.165, 1.54) is 18.4 Å². The van der Waals surface area contributed by atoms with Gasteiger partial charge in [-0.05, 0) is 12.8 Å². The van der Waals surface area contributed by atoms with Crippen LogP contribution in [-0.4, -0.2) is 29.3 Å². The summed E-state index contributed by atoms with van der Waals surface area (Å²) < 4.78 is 4.61. The molecule has 90 valence electrons. The van der Waals surface area contributed by atoms with Gasteiger partial charge in [-0.1, -0.05) is 25.2 Å². The van der Waals surface area contributed by atoms with Crippen LogP contribution in [0.1, 0.15) is 25.8 Å². The number of nitrogens with zero attached hydrogens (tertiary/aromatic N) is 2. The van der Waals surface area contributed by atoms with Gasteiger partial charge >= 0.3 is 5.97 Å². The lowest BCUT2D eigenvalue weighted by molar-refractivity contribution is -0.141. The zero-order chi connectivity index (χ0) is 12.1. The number of hydrogen-bond acceptors (Lipinski definition) is 6. The average molecular weight is 243 g/mol. The molecule has 0 saturated carbocycles. The molecule has 0 aliphatic heterocycles. The Hall–Kier alpha value is -1.17. The molecule has 0 bridgehead atoms. The number of aromatic nitrogens is 2. The van der Waals surface area contributed by atoms with Crippen LogP contribution in [0.4, 0.5) is 5.13 Å². The highest BCUT2D eigenvalue weighted by molar-refractivity contribution is 7.15. The third kappa shape index (κ3) is 3.77. The lowest BCUT2D eigenvalue weighted by Gasteiger charge is -2.08. The van der Waals surface area contributed by atoms with Gasteiger partial charge in [-0.25, -0.2) is 4.79 Å². The largest absolute Gasteiger partial charge is 0.467 e. The summed E-state index contributed by atoms with van der Waals surface area (Å²) in [5.41, 5.74) is 0. The van der Waals surface area contributed by atoms with Crippen LogP contribution in [0.2, 0.25) is 0 Å². The number of ether oxygens (including phenoxy) is 1. The molecule has 1 unspecified atom stereocenters. The van der Waals surface area contributed by atoms with Crippen LogP contribution in [0.15, 0.2) is 0 Å². The number of anilines is 1. The van der Waals surface area contributed by atoms with Gasteiger partial charge in [-0.3, -0.25) is 0 Å². The Balaban J connectivity index is 2.55. The minimum atomic E-state index is -0.398. The number of carbonyl (C=O) groups excluding carboxylic acids is 1. The SMILES string of the molecule is COC(=O)C(C)Nc1nnc(CC(C)C)s1. The Kier molecular flexibility index (Phi) is 4.67. The van der Waals surface area contributed by atoms with Crippen LogP contribution in [0, 0.1) is 5.92 Å². The first kappa shape index (κ1) is 12.9. The summed E-state index contributed by atoms with van der Waals surface area (Å²) in [4.78, 5) is 11.2. The van der Waals surface area contributed by atoms with E-state index in [0.29, 0.717) is 11.0 Å². The Bertz CT molecular complexity index is 352. The molecule has 0 fully saturated rings. The second-order valence-corrected chi connectivity index (χ2v) is 5.05. The van der Waals surface area contributed by atoms with Crippen LogP contribution in [-0.2, 0) is 16.0 Å². The molecule has 0 saturated heterocycles. The topological polar surface area (TPSA) is 64.1 Å². The monoisotopic (exact) mass is 243 g/mol. The first-order valence-corrected chi connectivity index (χ1v) is 6.01. The van der Waals surface area contributed by atoms with E-state index in [4.69, 9.17) is 0 Å². The zero-order valence-electron chi connectivity index (χ0n) is 9.98. The van der Waals surface area contributed by atoms with Gasteiger partial charge in [0.25, 0.3) is 0 Å². The second kappa shape index (κ2) is 5.79. The summed E-state index contributed by atoms with van der Waals surface area (Å²) in [6, 6.07) is -0.398. The molecule has 1 aromatic rings. The van der Waals surface area contributed by atoms with E-state index in [0.717, 1.165) is 11.4 Å². The van der Waals surface area contributed by atoms with Crippen molar-refractivity contribution >= 4 is 22.4 Å². The Morgan fingerprint density at radius 1 is 1.44 bits per heavy atom. The van der Waals surface area contributed by atoms with Crippen LogP contribution in [0.3, 0.4) is 0 Å². The molecule has 16 heavy (non-hydrogen) atoms. The standard InChI is InChI=1S/C10H17N3O2S/c1-6(2)5-8-12-13-10(16-8)11-7(3)9(14)15-4/h6-7H,5H2,1-4H3,(H,11,13). The predicted molar refractivity (Wildman–Crippen MR) is 63.6 cm³/mol. The third-order valence-electron chi connectivity index (χ3n) is 1.94. The van der Waals surface area contributed by atoms with Crippen molar-refractivity contribution in [2.24, 2.45) is 5.92 Å². The van der Waals surface area contributed by atoms with Crippen molar-refractivity contribution in [3.63, 3.8) is 0 Å². The van der Waals surface area contributed by atoms with Crippen molar-refractivity contribution in [3.05, 3.63) is 5.01 Å². The number of carbonyl (C=O) groups is 1. The van der Waals surface area contributed by atoms with Crippen LogP contribution < -0.4 is 5.32 Å². The van der Waals surface area contributed by atoms with Crippen molar-refractivity contribution in [2.45, 2.75) is 33.2 Å². The molecule has 1 atom stereocenters. The molecule has 1 N–H and O–H groups in total. The molecule has 1 heterocycles. The molecule has 0 spiro atoms. The lowest BCUT2D eigenvalue weighted by Crippen LogP contribution is -2.27. The highest BCUT2D eigenvalue weighted by Crippen LogP contribution is 2.18. The van der Waals surface area contributed by atoms with Crippen molar-refractivity contribution in [2.75, 3.05) is 12.4 Å². The fourth-order valence-corrected chi connectivity index (χ4v) is 2.20. The minimum Gasteiger partial charge on any atom is -0.467 e. The van der Waals surface area contributed by atoms with E-state index >= 15 is 0 Å². The number of methoxy groups -OCH3 is 1. The van der Waals surface area contributed by atoms with Gasteiger partial charge in [-0.15, -0.1) is 10.2 Å². The quantitative estimate of drug-likeness (QED) is 0.798. The maximum Gasteiger partial charge on any atom is 0.328 e. The van der Waals surface area contributed by atoms with Gasteiger partial charge in [0.15, 0.2) is 0 Å². The molecule has 0 aromatic carbocycles. The third-order valence-corrected chi connectivity index (χ3v) is 2.82. The van der Waals surface area contributed by atoms with Gasteiger partial charge in [0.1, 0.15) is 11.0 Å².